The molecule has 2 bridgehead atoms. The van der Waals surface area contributed by atoms with Crippen LogP contribution in [-0.2, 0) is 28.8 Å². The molecule has 2 heterocycles. The molecule has 1 aromatic rings. The number of amides is 4. The molecule has 55 heavy (non-hydrogen) atoms. The first kappa shape index (κ1) is 43.0. The normalized spacial score (nSPS) is 23.1. The van der Waals surface area contributed by atoms with Crippen molar-refractivity contribution in [3.63, 3.8) is 0 Å². The van der Waals surface area contributed by atoms with E-state index < -0.39 is 53.0 Å². The smallest absolute Gasteiger partial charge is 0.243 e. The summed E-state index contributed by atoms with van der Waals surface area (Å²) in [6.45, 7) is 6.18. The fraction of sp³-hybridized carbons (Fsp3) is 0.675. The number of guanidine groups is 1. The summed E-state index contributed by atoms with van der Waals surface area (Å²) < 4.78 is 12.0. The van der Waals surface area contributed by atoms with Crippen molar-refractivity contribution < 1.29 is 38.2 Å². The zero-order valence-electron chi connectivity index (χ0n) is 32.7. The lowest BCUT2D eigenvalue weighted by Crippen LogP contribution is -2.54. The predicted molar refractivity (Wildman–Crippen MR) is 207 cm³/mol. The topological polar surface area (TPSA) is 239 Å². The van der Waals surface area contributed by atoms with E-state index in [1.165, 1.54) is 0 Å². The summed E-state index contributed by atoms with van der Waals surface area (Å²) in [5, 5.41) is 5.90. The molecule has 4 rings (SSSR count). The number of nitrogens with zero attached hydrogens (tertiary/aromatic N) is 2. The van der Waals surface area contributed by atoms with Crippen LogP contribution in [-0.4, -0.2) is 90.5 Å². The molecule has 1 saturated carbocycles. The number of nitrogens with one attached hydrogen (secondary N) is 2. The van der Waals surface area contributed by atoms with Crippen molar-refractivity contribution in [1.82, 2.24) is 15.5 Å². The summed E-state index contributed by atoms with van der Waals surface area (Å²) in [6.07, 6.45) is 6.20. The van der Waals surface area contributed by atoms with Crippen molar-refractivity contribution >= 4 is 41.2 Å². The van der Waals surface area contributed by atoms with Gasteiger partial charge in [0.05, 0.1) is 24.6 Å². The van der Waals surface area contributed by atoms with E-state index in [9.17, 15) is 28.8 Å². The highest BCUT2D eigenvalue weighted by Crippen LogP contribution is 2.31. The molecule has 15 nitrogen and oxygen atoms in total. The molecule has 0 radical (unpaired) electrons. The average Bonchev–Trinajstić information content (AvgIpc) is 3.64. The standard InChI is InChI=1S/C40H61N7O8/c1-40(2,3)29(36(41)51)23-32(48)30(15-8-18-44-39(42)43)45-37(52)26-21-33(49)35(25-11-5-4-6-12-25)46-38(53)31-16-9-19-47(31)34(50)17-10-20-54-27-13-7-14-28(22-27)55-24-26/h7,13-14,22,25-26,29-31,35H,4-6,8-12,15-21,23-24H2,1-3H3,(H2,41,51)(H,45,52)(H,46,53)(H4,42,43,44)/t26-,29+,30-,31-,35?/m0/s1. The summed E-state index contributed by atoms with van der Waals surface area (Å²) in [5.41, 5.74) is 16.1. The number of ether oxygens (including phenoxy) is 2. The van der Waals surface area contributed by atoms with Crippen LogP contribution >= 0.6 is 0 Å². The Balaban J connectivity index is 1.65. The SMILES string of the molecule is CC(C)(C)[C@H](CC(=O)[C@H](CCCN=C(N)N)NC(=O)[C@@H]1COc2cccc(c2)OCCCC(=O)N2CCC[C@H]2C(=O)NC(C2CCCCC2)C(=O)C1)C(N)=O. The van der Waals surface area contributed by atoms with Gasteiger partial charge >= 0.3 is 0 Å². The van der Waals surface area contributed by atoms with Crippen molar-refractivity contribution in [3.05, 3.63) is 24.3 Å². The lowest BCUT2D eigenvalue weighted by molar-refractivity contribution is -0.140. The van der Waals surface area contributed by atoms with Crippen molar-refractivity contribution in [2.24, 2.45) is 45.4 Å². The third kappa shape index (κ3) is 13.0. The molecule has 4 amide bonds. The van der Waals surface area contributed by atoms with Gasteiger partial charge in [0.2, 0.25) is 23.6 Å². The van der Waals surface area contributed by atoms with E-state index in [4.69, 9.17) is 26.7 Å². The van der Waals surface area contributed by atoms with Crippen molar-refractivity contribution in [3.8, 4) is 11.5 Å². The van der Waals surface area contributed by atoms with Gasteiger partial charge in [-0.2, -0.15) is 0 Å². The molecule has 5 atom stereocenters. The van der Waals surface area contributed by atoms with E-state index in [0.29, 0.717) is 43.7 Å². The Labute approximate surface area is 324 Å². The Hall–Kier alpha value is -4.69. The number of Topliss-reactive ketones (excluding diaryl/α,β-unsaturated/α-hetero) is 2. The van der Waals surface area contributed by atoms with E-state index in [0.717, 1.165) is 32.1 Å². The van der Waals surface area contributed by atoms with Gasteiger partial charge in [-0.3, -0.25) is 33.8 Å². The highest BCUT2D eigenvalue weighted by Gasteiger charge is 2.40. The first-order valence-electron chi connectivity index (χ1n) is 19.8. The minimum atomic E-state index is -1.06. The van der Waals surface area contributed by atoms with Crippen molar-refractivity contribution in [2.45, 2.75) is 122 Å². The van der Waals surface area contributed by atoms with Crippen LogP contribution in [0.5, 0.6) is 11.5 Å². The molecular weight excluding hydrogens is 706 g/mol. The number of nitrogens with two attached hydrogens (primary N) is 3. The summed E-state index contributed by atoms with van der Waals surface area (Å²) in [4.78, 5) is 87.7. The van der Waals surface area contributed by atoms with Crippen LogP contribution in [0.1, 0.15) is 104 Å². The number of rotatable bonds is 11. The van der Waals surface area contributed by atoms with Gasteiger partial charge in [0.15, 0.2) is 17.5 Å². The van der Waals surface area contributed by atoms with Gasteiger partial charge in [0, 0.05) is 44.3 Å². The van der Waals surface area contributed by atoms with E-state index in [1.54, 1.807) is 29.2 Å². The van der Waals surface area contributed by atoms with Gasteiger partial charge < -0.3 is 42.2 Å². The van der Waals surface area contributed by atoms with E-state index >= 15 is 0 Å². The monoisotopic (exact) mass is 767 g/mol. The molecule has 1 unspecified atom stereocenters. The number of hydrogen-bond acceptors (Lipinski definition) is 9. The zero-order valence-corrected chi connectivity index (χ0v) is 32.7. The van der Waals surface area contributed by atoms with Crippen LogP contribution in [0.25, 0.3) is 0 Å². The number of carbonyl (C=O) groups excluding carboxylic acids is 6. The lowest BCUT2D eigenvalue weighted by atomic mass is 9.76. The second-order valence-corrected chi connectivity index (χ2v) is 16.2. The second kappa shape index (κ2) is 20.3. The van der Waals surface area contributed by atoms with Crippen LogP contribution in [0.2, 0.25) is 0 Å². The van der Waals surface area contributed by atoms with Crippen LogP contribution in [0.15, 0.2) is 29.3 Å². The number of hydrogen-bond donors (Lipinski definition) is 5. The highest BCUT2D eigenvalue weighted by atomic mass is 16.5. The van der Waals surface area contributed by atoms with Crippen LogP contribution in [0.4, 0.5) is 0 Å². The summed E-state index contributed by atoms with van der Waals surface area (Å²) in [5.74, 6) is -3.63. The molecule has 2 aliphatic heterocycles. The van der Waals surface area contributed by atoms with Gasteiger partial charge in [-0.25, -0.2) is 0 Å². The Kier molecular flexibility index (Phi) is 15.9. The fourth-order valence-electron chi connectivity index (χ4n) is 7.80. The maximum Gasteiger partial charge on any atom is 0.243 e. The van der Waals surface area contributed by atoms with E-state index in [-0.39, 0.29) is 74.9 Å². The number of fused-ring (bicyclic) bond motifs is 3. The Morgan fingerprint density at radius 2 is 1.69 bits per heavy atom. The molecule has 304 valence electrons. The van der Waals surface area contributed by atoms with E-state index in [2.05, 4.69) is 15.6 Å². The van der Waals surface area contributed by atoms with Crippen LogP contribution in [0, 0.1) is 23.2 Å². The zero-order chi connectivity index (χ0) is 40.1. The maximum absolute atomic E-state index is 14.4. The molecular formula is C40H61N7O8. The Bertz CT molecular complexity index is 1550. The molecule has 3 aliphatic rings. The fourth-order valence-corrected chi connectivity index (χ4v) is 7.80. The van der Waals surface area contributed by atoms with Gasteiger partial charge in [-0.1, -0.05) is 46.1 Å². The Morgan fingerprint density at radius 1 is 0.982 bits per heavy atom. The van der Waals surface area contributed by atoms with Gasteiger partial charge in [0.25, 0.3) is 0 Å². The molecule has 8 N–H and O–H groups in total. The minimum absolute atomic E-state index is 0.109. The van der Waals surface area contributed by atoms with Gasteiger partial charge in [-0.05, 0) is 68.4 Å². The quantitative estimate of drug-likeness (QED) is 0.125. The number of primary amides is 1. The molecule has 2 fully saturated rings. The summed E-state index contributed by atoms with van der Waals surface area (Å²) in [7, 11) is 0. The summed E-state index contributed by atoms with van der Waals surface area (Å²) in [6, 6.07) is 4.29. The number of aliphatic imine (C=N–C) groups is 1. The molecule has 1 aromatic carbocycles. The van der Waals surface area contributed by atoms with E-state index in [1.807, 2.05) is 20.8 Å². The number of ketones is 2. The molecule has 1 saturated heterocycles. The third-order valence-electron chi connectivity index (χ3n) is 11.0. The minimum Gasteiger partial charge on any atom is -0.493 e. The van der Waals surface area contributed by atoms with Crippen LogP contribution in [0.3, 0.4) is 0 Å². The molecule has 0 spiro atoms. The van der Waals surface area contributed by atoms with Crippen molar-refractivity contribution in [2.75, 3.05) is 26.3 Å². The molecule has 15 heteroatoms. The molecule has 0 aromatic heterocycles. The predicted octanol–water partition coefficient (Wildman–Crippen LogP) is 2.51. The van der Waals surface area contributed by atoms with Crippen molar-refractivity contribution in [1.29, 1.82) is 0 Å². The highest BCUT2D eigenvalue weighted by molar-refractivity contribution is 5.97. The largest absolute Gasteiger partial charge is 0.493 e. The van der Waals surface area contributed by atoms with Gasteiger partial charge in [0.1, 0.15) is 24.1 Å². The number of benzene rings is 1. The Morgan fingerprint density at radius 3 is 2.36 bits per heavy atom. The second-order valence-electron chi connectivity index (χ2n) is 16.2. The summed E-state index contributed by atoms with van der Waals surface area (Å²) >= 11 is 0. The lowest BCUT2D eigenvalue weighted by Gasteiger charge is -2.33. The first-order chi connectivity index (χ1) is 26.1. The molecule has 1 aliphatic carbocycles. The third-order valence-corrected chi connectivity index (χ3v) is 11.0. The number of carbonyl (C=O) groups is 6. The van der Waals surface area contributed by atoms with Crippen LogP contribution < -0.4 is 37.3 Å². The first-order valence-corrected chi connectivity index (χ1v) is 19.8. The van der Waals surface area contributed by atoms with Gasteiger partial charge in [-0.15, -0.1) is 0 Å². The maximum atomic E-state index is 14.4. The average molecular weight is 768 g/mol.